The number of anilines is 1. The Labute approximate surface area is 121 Å². The molecule has 2 N–H and O–H groups in total. The topological polar surface area (TPSA) is 29.3 Å². The molecule has 0 saturated heterocycles. The molecule has 1 fully saturated rings. The second kappa shape index (κ2) is 5.68. The van der Waals surface area contributed by atoms with Crippen molar-refractivity contribution in [2.45, 2.75) is 38.9 Å². The first-order valence-electron chi connectivity index (χ1n) is 7.35. The second-order valence-electron chi connectivity index (χ2n) is 5.87. The summed E-state index contributed by atoms with van der Waals surface area (Å²) in [5.74, 6) is 0. The van der Waals surface area contributed by atoms with Crippen molar-refractivity contribution in [3.8, 4) is 0 Å². The fourth-order valence-electron chi connectivity index (χ4n) is 2.72. The predicted molar refractivity (Wildman–Crippen MR) is 84.3 cm³/mol. The molecule has 1 aliphatic carbocycles. The number of hydrogen-bond acceptors (Lipinski definition) is 2. The van der Waals surface area contributed by atoms with E-state index in [0.717, 1.165) is 24.8 Å². The Morgan fingerprint density at radius 1 is 1.00 bits per heavy atom. The molecule has 0 aliphatic heterocycles. The Hall–Kier alpha value is -1.80. The Bertz CT molecular complexity index is 540. The predicted octanol–water partition coefficient (Wildman–Crippen LogP) is 3.74. The molecule has 2 nitrogen and oxygen atoms in total. The number of aryl methyl sites for hydroxylation is 1. The summed E-state index contributed by atoms with van der Waals surface area (Å²) < 4.78 is 0. The second-order valence-corrected chi connectivity index (χ2v) is 5.87. The Balaban J connectivity index is 1.73. The minimum absolute atomic E-state index is 0.747. The summed E-state index contributed by atoms with van der Waals surface area (Å²) in [5, 5.41) is 0. The summed E-state index contributed by atoms with van der Waals surface area (Å²) in [7, 11) is 0. The molecular formula is C18H22N2. The summed E-state index contributed by atoms with van der Waals surface area (Å²) in [6.45, 7) is 4.17. The van der Waals surface area contributed by atoms with Gasteiger partial charge in [0.15, 0.2) is 0 Å². The molecule has 1 saturated carbocycles. The maximum atomic E-state index is 5.88. The minimum Gasteiger partial charge on any atom is -0.399 e. The third-order valence-corrected chi connectivity index (χ3v) is 3.87. The molecule has 1 aliphatic rings. The van der Waals surface area contributed by atoms with Crippen LogP contribution >= 0.6 is 0 Å². The van der Waals surface area contributed by atoms with Gasteiger partial charge in [0.1, 0.15) is 0 Å². The lowest BCUT2D eigenvalue weighted by Crippen LogP contribution is -2.25. The molecule has 104 valence electrons. The van der Waals surface area contributed by atoms with Crippen molar-refractivity contribution < 1.29 is 0 Å². The summed E-state index contributed by atoms with van der Waals surface area (Å²) in [4.78, 5) is 2.57. The van der Waals surface area contributed by atoms with E-state index in [9.17, 15) is 0 Å². The van der Waals surface area contributed by atoms with Gasteiger partial charge in [-0.1, -0.05) is 42.0 Å². The van der Waals surface area contributed by atoms with Crippen molar-refractivity contribution in [2.75, 3.05) is 5.73 Å². The van der Waals surface area contributed by atoms with Gasteiger partial charge in [-0.2, -0.15) is 0 Å². The van der Waals surface area contributed by atoms with Crippen molar-refractivity contribution >= 4 is 5.69 Å². The van der Waals surface area contributed by atoms with Crippen molar-refractivity contribution in [3.63, 3.8) is 0 Å². The van der Waals surface area contributed by atoms with Gasteiger partial charge in [0.2, 0.25) is 0 Å². The van der Waals surface area contributed by atoms with Crippen LogP contribution in [0.3, 0.4) is 0 Å². The standard InChI is InChI=1S/C18H22N2/c1-14-4-2-5-15(10-14)12-20(18-8-9-18)13-16-6-3-7-17(19)11-16/h2-7,10-11,18H,8-9,12-13,19H2,1H3. The van der Waals surface area contributed by atoms with Gasteiger partial charge in [0.05, 0.1) is 0 Å². The molecule has 0 spiro atoms. The molecule has 2 aromatic carbocycles. The van der Waals surface area contributed by atoms with Crippen LogP contribution in [0.25, 0.3) is 0 Å². The van der Waals surface area contributed by atoms with Crippen LogP contribution in [0.5, 0.6) is 0 Å². The van der Waals surface area contributed by atoms with Crippen LogP contribution in [0.2, 0.25) is 0 Å². The summed E-state index contributed by atoms with van der Waals surface area (Å²) >= 11 is 0. The van der Waals surface area contributed by atoms with Gasteiger partial charge in [0.25, 0.3) is 0 Å². The van der Waals surface area contributed by atoms with Gasteiger partial charge < -0.3 is 5.73 Å². The van der Waals surface area contributed by atoms with E-state index in [1.165, 1.54) is 29.5 Å². The highest BCUT2D eigenvalue weighted by Crippen LogP contribution is 2.30. The maximum absolute atomic E-state index is 5.88. The monoisotopic (exact) mass is 266 g/mol. The maximum Gasteiger partial charge on any atom is 0.0317 e. The van der Waals surface area contributed by atoms with Crippen LogP contribution in [0.1, 0.15) is 29.5 Å². The highest BCUT2D eigenvalue weighted by atomic mass is 15.2. The molecule has 0 aromatic heterocycles. The Kier molecular flexibility index (Phi) is 3.75. The van der Waals surface area contributed by atoms with Crippen molar-refractivity contribution in [3.05, 3.63) is 65.2 Å². The summed E-state index contributed by atoms with van der Waals surface area (Å²) in [5.41, 5.74) is 10.8. The highest BCUT2D eigenvalue weighted by Gasteiger charge is 2.28. The van der Waals surface area contributed by atoms with Gasteiger partial charge >= 0.3 is 0 Å². The van der Waals surface area contributed by atoms with E-state index in [2.05, 4.69) is 48.2 Å². The summed E-state index contributed by atoms with van der Waals surface area (Å²) in [6, 6.07) is 17.8. The lowest BCUT2D eigenvalue weighted by Gasteiger charge is -2.22. The van der Waals surface area contributed by atoms with Crippen LogP contribution < -0.4 is 5.73 Å². The van der Waals surface area contributed by atoms with Crippen molar-refractivity contribution in [2.24, 2.45) is 0 Å². The van der Waals surface area contributed by atoms with Crippen molar-refractivity contribution in [1.82, 2.24) is 4.90 Å². The zero-order chi connectivity index (χ0) is 13.9. The summed E-state index contributed by atoms with van der Waals surface area (Å²) in [6.07, 6.45) is 2.66. The molecule has 20 heavy (non-hydrogen) atoms. The zero-order valence-corrected chi connectivity index (χ0v) is 12.0. The van der Waals surface area contributed by atoms with Gasteiger partial charge in [-0.15, -0.1) is 0 Å². The SMILES string of the molecule is Cc1cccc(CN(Cc2cccc(N)c2)C2CC2)c1. The molecule has 2 aromatic rings. The molecule has 0 atom stereocenters. The van der Waals surface area contributed by atoms with E-state index in [0.29, 0.717) is 0 Å². The number of nitrogens with zero attached hydrogens (tertiary/aromatic N) is 1. The lowest BCUT2D eigenvalue weighted by atomic mass is 10.1. The van der Waals surface area contributed by atoms with Crippen LogP contribution in [-0.2, 0) is 13.1 Å². The molecule has 0 amide bonds. The number of benzene rings is 2. The third kappa shape index (κ3) is 3.40. The molecule has 0 unspecified atom stereocenters. The van der Waals surface area contributed by atoms with Gasteiger partial charge in [-0.05, 0) is 43.0 Å². The quantitative estimate of drug-likeness (QED) is 0.835. The highest BCUT2D eigenvalue weighted by molar-refractivity contribution is 5.40. The van der Waals surface area contributed by atoms with E-state index < -0.39 is 0 Å². The normalized spacial score (nSPS) is 14.7. The fourth-order valence-corrected chi connectivity index (χ4v) is 2.72. The first kappa shape index (κ1) is 13.2. The van der Waals surface area contributed by atoms with E-state index in [-0.39, 0.29) is 0 Å². The smallest absolute Gasteiger partial charge is 0.0317 e. The van der Waals surface area contributed by atoms with E-state index in [1.54, 1.807) is 0 Å². The first-order chi connectivity index (χ1) is 9.70. The molecule has 0 radical (unpaired) electrons. The average molecular weight is 266 g/mol. The number of nitrogen functional groups attached to an aromatic ring is 1. The number of rotatable bonds is 5. The van der Waals surface area contributed by atoms with Gasteiger partial charge in [-0.25, -0.2) is 0 Å². The molecule has 0 heterocycles. The van der Waals surface area contributed by atoms with Crippen LogP contribution in [0.15, 0.2) is 48.5 Å². The van der Waals surface area contributed by atoms with Crippen LogP contribution in [0.4, 0.5) is 5.69 Å². The van der Waals surface area contributed by atoms with Crippen LogP contribution in [0, 0.1) is 6.92 Å². The fraction of sp³-hybridized carbons (Fsp3) is 0.333. The number of nitrogens with two attached hydrogens (primary N) is 1. The number of hydrogen-bond donors (Lipinski definition) is 1. The van der Waals surface area contributed by atoms with Gasteiger partial charge in [0, 0.05) is 24.8 Å². The molecular weight excluding hydrogens is 244 g/mol. The van der Waals surface area contributed by atoms with E-state index in [4.69, 9.17) is 5.73 Å². The van der Waals surface area contributed by atoms with Crippen molar-refractivity contribution in [1.29, 1.82) is 0 Å². The minimum atomic E-state index is 0.747. The third-order valence-electron chi connectivity index (χ3n) is 3.87. The first-order valence-corrected chi connectivity index (χ1v) is 7.35. The van der Waals surface area contributed by atoms with E-state index >= 15 is 0 Å². The molecule has 2 heteroatoms. The molecule has 3 rings (SSSR count). The van der Waals surface area contributed by atoms with Crippen LogP contribution in [-0.4, -0.2) is 10.9 Å². The largest absolute Gasteiger partial charge is 0.399 e. The molecule has 0 bridgehead atoms. The van der Waals surface area contributed by atoms with E-state index in [1.807, 2.05) is 12.1 Å². The van der Waals surface area contributed by atoms with Gasteiger partial charge in [-0.3, -0.25) is 4.90 Å². The average Bonchev–Trinajstić information content (AvgIpc) is 3.22. The lowest BCUT2D eigenvalue weighted by molar-refractivity contribution is 0.246. The Morgan fingerprint density at radius 3 is 2.25 bits per heavy atom. The zero-order valence-electron chi connectivity index (χ0n) is 12.0. The Morgan fingerprint density at radius 2 is 1.65 bits per heavy atom.